The summed E-state index contributed by atoms with van der Waals surface area (Å²) in [4.78, 5) is 14.2. The molecular formula is C13H10N2O. The third kappa shape index (κ3) is 2.76. The van der Waals surface area contributed by atoms with Crippen LogP contribution in [-0.2, 0) is 4.79 Å². The van der Waals surface area contributed by atoms with Gasteiger partial charge >= 0.3 is 5.91 Å². The lowest BCUT2D eigenvalue weighted by Gasteiger charge is -1.94. The van der Waals surface area contributed by atoms with E-state index < -0.39 is 0 Å². The Labute approximate surface area is 93.5 Å². The molecular weight excluding hydrogens is 200 g/mol. The second kappa shape index (κ2) is 4.85. The molecule has 3 heteroatoms. The number of carbonyl (C=O) groups excluding carboxylic acids is 1. The Morgan fingerprint density at radius 2 is 1.94 bits per heavy atom. The molecule has 16 heavy (non-hydrogen) atoms. The van der Waals surface area contributed by atoms with Crippen LogP contribution in [0.3, 0.4) is 0 Å². The molecule has 0 radical (unpaired) electrons. The molecule has 0 saturated carbocycles. The Morgan fingerprint density at radius 1 is 1.12 bits per heavy atom. The van der Waals surface area contributed by atoms with Crippen LogP contribution in [0.4, 0.5) is 5.82 Å². The molecule has 0 aliphatic carbocycles. The fourth-order valence-electron chi connectivity index (χ4n) is 1.21. The van der Waals surface area contributed by atoms with Crippen LogP contribution in [-0.4, -0.2) is 10.9 Å². The Kier molecular flexibility index (Phi) is 3.05. The highest BCUT2D eigenvalue weighted by Crippen LogP contribution is 2.00. The van der Waals surface area contributed by atoms with Crippen molar-refractivity contribution in [2.45, 2.75) is 0 Å². The predicted molar refractivity (Wildman–Crippen MR) is 62.7 cm³/mol. The highest BCUT2D eigenvalue weighted by atomic mass is 16.1. The lowest BCUT2D eigenvalue weighted by atomic mass is 10.2. The summed E-state index contributed by atoms with van der Waals surface area (Å²) in [6, 6.07) is 13.0. The molecule has 0 aliphatic rings. The second-order valence-corrected chi connectivity index (χ2v) is 3.15. The van der Waals surface area contributed by atoms with E-state index in [0.717, 1.165) is 5.56 Å². The third-order valence-corrected chi connectivity index (χ3v) is 1.94. The van der Waals surface area contributed by atoms with Crippen molar-refractivity contribution in [3.63, 3.8) is 0 Å². The Morgan fingerprint density at radius 3 is 2.62 bits per heavy atom. The van der Waals surface area contributed by atoms with Gasteiger partial charge in [-0.1, -0.05) is 24.1 Å². The monoisotopic (exact) mass is 210 g/mol. The quantitative estimate of drug-likeness (QED) is 0.695. The molecule has 0 saturated heterocycles. The van der Waals surface area contributed by atoms with Crippen molar-refractivity contribution in [1.82, 2.24) is 4.98 Å². The Hall–Kier alpha value is -2.47. The van der Waals surface area contributed by atoms with E-state index in [2.05, 4.69) is 22.1 Å². The van der Waals surface area contributed by atoms with Gasteiger partial charge in [-0.15, -0.1) is 0 Å². The highest BCUT2D eigenvalue weighted by molar-refractivity contribution is 6.03. The average Bonchev–Trinajstić information content (AvgIpc) is 2.81. The van der Waals surface area contributed by atoms with Crippen LogP contribution in [0.5, 0.6) is 0 Å². The standard InChI is InChI=1S/C13H10N2O/c16-13(15-12-7-4-10-14-12)9-8-11-5-2-1-3-6-11/h1-7,10,14H,(H,15,16). The van der Waals surface area contributed by atoms with Crippen LogP contribution in [0.25, 0.3) is 0 Å². The van der Waals surface area contributed by atoms with E-state index in [9.17, 15) is 4.79 Å². The number of carbonyl (C=O) groups is 1. The molecule has 1 heterocycles. The maximum absolute atomic E-state index is 11.4. The SMILES string of the molecule is O=C(C#Cc1ccccc1)Nc1ccc[nH]1. The van der Waals surface area contributed by atoms with Crippen LogP contribution in [0, 0.1) is 11.8 Å². The first kappa shape index (κ1) is 10.1. The number of aromatic nitrogens is 1. The summed E-state index contributed by atoms with van der Waals surface area (Å²) in [5, 5.41) is 2.62. The van der Waals surface area contributed by atoms with Gasteiger partial charge in [0.2, 0.25) is 0 Å². The molecule has 3 nitrogen and oxygen atoms in total. The maximum atomic E-state index is 11.4. The van der Waals surface area contributed by atoms with Gasteiger partial charge < -0.3 is 10.3 Å². The van der Waals surface area contributed by atoms with E-state index in [0.29, 0.717) is 5.82 Å². The van der Waals surface area contributed by atoms with E-state index in [4.69, 9.17) is 0 Å². The van der Waals surface area contributed by atoms with Gasteiger partial charge in [0.25, 0.3) is 0 Å². The highest BCUT2D eigenvalue weighted by Gasteiger charge is 1.96. The molecule has 0 fully saturated rings. The Bertz CT molecular complexity index is 518. The molecule has 1 aromatic carbocycles. The molecule has 0 spiro atoms. The number of rotatable bonds is 1. The minimum Gasteiger partial charge on any atom is -0.348 e. The first-order chi connectivity index (χ1) is 7.84. The molecule has 2 aromatic rings. The molecule has 78 valence electrons. The number of anilines is 1. The number of H-pyrrole nitrogens is 1. The number of hydrogen-bond acceptors (Lipinski definition) is 1. The number of aromatic amines is 1. The van der Waals surface area contributed by atoms with Crippen LogP contribution in [0.2, 0.25) is 0 Å². The van der Waals surface area contributed by atoms with Crippen molar-refractivity contribution in [2.24, 2.45) is 0 Å². The number of benzene rings is 1. The fraction of sp³-hybridized carbons (Fsp3) is 0. The van der Waals surface area contributed by atoms with E-state index in [1.54, 1.807) is 18.3 Å². The first-order valence-corrected chi connectivity index (χ1v) is 4.86. The minimum absolute atomic E-state index is 0.327. The lowest BCUT2D eigenvalue weighted by molar-refractivity contribution is -0.111. The van der Waals surface area contributed by atoms with Gasteiger partial charge in [0, 0.05) is 17.7 Å². The van der Waals surface area contributed by atoms with Gasteiger partial charge in [0.05, 0.1) is 0 Å². The van der Waals surface area contributed by atoms with Crippen LogP contribution < -0.4 is 5.32 Å². The summed E-state index contributed by atoms with van der Waals surface area (Å²) in [5.41, 5.74) is 0.823. The van der Waals surface area contributed by atoms with Crippen molar-refractivity contribution >= 4 is 11.7 Å². The zero-order valence-electron chi connectivity index (χ0n) is 8.53. The summed E-state index contributed by atoms with van der Waals surface area (Å²) >= 11 is 0. The summed E-state index contributed by atoms with van der Waals surface area (Å²) in [6.45, 7) is 0. The Balaban J connectivity index is 2.01. The number of amides is 1. The van der Waals surface area contributed by atoms with Crippen LogP contribution >= 0.6 is 0 Å². The van der Waals surface area contributed by atoms with E-state index >= 15 is 0 Å². The first-order valence-electron chi connectivity index (χ1n) is 4.86. The van der Waals surface area contributed by atoms with Crippen molar-refractivity contribution in [3.05, 3.63) is 54.2 Å². The minimum atomic E-state index is -0.327. The lowest BCUT2D eigenvalue weighted by Crippen LogP contribution is -2.08. The van der Waals surface area contributed by atoms with Crippen molar-refractivity contribution in [3.8, 4) is 11.8 Å². The topological polar surface area (TPSA) is 44.9 Å². The van der Waals surface area contributed by atoms with Crippen LogP contribution in [0.1, 0.15) is 5.56 Å². The van der Waals surface area contributed by atoms with Crippen molar-refractivity contribution in [2.75, 3.05) is 5.32 Å². The van der Waals surface area contributed by atoms with Gasteiger partial charge in [-0.25, -0.2) is 0 Å². The zero-order chi connectivity index (χ0) is 11.2. The zero-order valence-corrected chi connectivity index (χ0v) is 8.53. The molecule has 2 rings (SSSR count). The van der Waals surface area contributed by atoms with Gasteiger partial charge in [0.15, 0.2) is 0 Å². The van der Waals surface area contributed by atoms with Gasteiger partial charge in [-0.2, -0.15) is 0 Å². The molecule has 0 atom stereocenters. The second-order valence-electron chi connectivity index (χ2n) is 3.15. The molecule has 0 aliphatic heterocycles. The molecule has 0 unspecified atom stereocenters. The summed E-state index contributed by atoms with van der Waals surface area (Å²) < 4.78 is 0. The summed E-state index contributed by atoms with van der Waals surface area (Å²) in [6.07, 6.45) is 1.74. The average molecular weight is 210 g/mol. The molecule has 1 amide bonds. The molecule has 0 bridgehead atoms. The van der Waals surface area contributed by atoms with Crippen molar-refractivity contribution < 1.29 is 4.79 Å². The number of hydrogen-bond donors (Lipinski definition) is 2. The van der Waals surface area contributed by atoms with E-state index in [1.807, 2.05) is 30.3 Å². The molecule has 2 N–H and O–H groups in total. The largest absolute Gasteiger partial charge is 0.348 e. The van der Waals surface area contributed by atoms with Crippen molar-refractivity contribution in [1.29, 1.82) is 0 Å². The molecule has 1 aromatic heterocycles. The predicted octanol–water partition coefficient (Wildman–Crippen LogP) is 2.00. The summed E-state index contributed by atoms with van der Waals surface area (Å²) in [5.74, 6) is 5.62. The van der Waals surface area contributed by atoms with Gasteiger partial charge in [-0.05, 0) is 24.3 Å². The van der Waals surface area contributed by atoms with E-state index in [-0.39, 0.29) is 5.91 Å². The van der Waals surface area contributed by atoms with E-state index in [1.165, 1.54) is 0 Å². The third-order valence-electron chi connectivity index (χ3n) is 1.94. The van der Waals surface area contributed by atoms with Gasteiger partial charge in [0.1, 0.15) is 5.82 Å². The fourth-order valence-corrected chi connectivity index (χ4v) is 1.21. The maximum Gasteiger partial charge on any atom is 0.301 e. The smallest absolute Gasteiger partial charge is 0.301 e. The number of nitrogens with one attached hydrogen (secondary N) is 2. The van der Waals surface area contributed by atoms with Crippen LogP contribution in [0.15, 0.2) is 48.7 Å². The normalized spacial score (nSPS) is 9.00. The summed E-state index contributed by atoms with van der Waals surface area (Å²) in [7, 11) is 0. The van der Waals surface area contributed by atoms with Gasteiger partial charge in [-0.3, -0.25) is 4.79 Å².